The van der Waals surface area contributed by atoms with E-state index in [0.29, 0.717) is 11.8 Å². The molecule has 1 aliphatic rings. The summed E-state index contributed by atoms with van der Waals surface area (Å²) in [5, 5.41) is 0. The Kier molecular flexibility index (Phi) is 4.92. The highest BCUT2D eigenvalue weighted by molar-refractivity contribution is 6.11. The van der Waals surface area contributed by atoms with E-state index in [4.69, 9.17) is 4.74 Å². The summed E-state index contributed by atoms with van der Waals surface area (Å²) in [5.74, 6) is 0. The lowest BCUT2D eigenvalue weighted by Crippen LogP contribution is -2.27. The van der Waals surface area contributed by atoms with E-state index in [-0.39, 0.29) is 0 Å². The Hall–Kier alpha value is 0.177. The molecule has 12 heavy (non-hydrogen) atoms. The van der Waals surface area contributed by atoms with E-state index in [1.165, 1.54) is 55.2 Å². The lowest BCUT2D eigenvalue weighted by Gasteiger charge is -2.27. The molecule has 0 aliphatic carbocycles. The molecule has 0 aromatic heterocycles. The number of hydrogen-bond acceptors (Lipinski definition) is 1. The third-order valence-corrected chi connectivity index (χ3v) is 3.54. The Morgan fingerprint density at radius 2 is 2.17 bits per heavy atom. The summed E-state index contributed by atoms with van der Waals surface area (Å²) >= 11 is 0. The van der Waals surface area contributed by atoms with Crippen molar-refractivity contribution in [2.24, 2.45) is 0 Å². The maximum absolute atomic E-state index is 5.89. The summed E-state index contributed by atoms with van der Waals surface area (Å²) in [4.78, 5) is 0. The molecule has 1 fully saturated rings. The minimum atomic E-state index is 0.618. The molecule has 1 rings (SSSR count). The van der Waals surface area contributed by atoms with Crippen molar-refractivity contribution in [2.45, 2.75) is 63.7 Å². The van der Waals surface area contributed by atoms with Crippen molar-refractivity contribution in [1.82, 2.24) is 0 Å². The molecule has 2 unspecified atom stereocenters. The van der Waals surface area contributed by atoms with E-state index in [0.717, 1.165) is 0 Å². The molecule has 0 spiro atoms. The summed E-state index contributed by atoms with van der Waals surface area (Å²) in [6.45, 7) is 2.26. The van der Waals surface area contributed by atoms with Crippen LogP contribution in [-0.4, -0.2) is 22.1 Å². The van der Waals surface area contributed by atoms with Crippen LogP contribution in [0.15, 0.2) is 0 Å². The van der Waals surface area contributed by atoms with Gasteiger partial charge in [-0.05, 0) is 25.7 Å². The monoisotopic (exact) mass is 186 g/mol. The van der Waals surface area contributed by atoms with E-state index in [1.54, 1.807) is 0 Å². The van der Waals surface area contributed by atoms with Gasteiger partial charge in [-0.3, -0.25) is 0 Å². The zero-order chi connectivity index (χ0) is 8.81. The second-order valence-electron chi connectivity index (χ2n) is 4.00. The Bertz CT molecular complexity index is 116. The van der Waals surface area contributed by atoms with Crippen molar-refractivity contribution in [3.8, 4) is 0 Å². The smallest absolute Gasteiger partial charge is 0.0574 e. The van der Waals surface area contributed by atoms with Crippen LogP contribution < -0.4 is 0 Å². The summed E-state index contributed by atoms with van der Waals surface area (Å²) in [6.07, 6.45) is 10.1. The van der Waals surface area contributed by atoms with Crippen LogP contribution in [0.25, 0.3) is 0 Å². The number of ether oxygens (including phenoxy) is 1. The van der Waals surface area contributed by atoms with Gasteiger partial charge < -0.3 is 4.74 Å². The standard InChI is InChI=1S/C10H22OSi/c1-2-3-4-6-9-7-5-8-10(12)11-9/h9-10H,2-8H2,1,12H3. The topological polar surface area (TPSA) is 9.23 Å². The first kappa shape index (κ1) is 10.3. The van der Waals surface area contributed by atoms with Crippen LogP contribution in [0.1, 0.15) is 51.9 Å². The molecule has 0 saturated carbocycles. The van der Waals surface area contributed by atoms with Crippen LogP contribution in [-0.2, 0) is 4.74 Å². The van der Waals surface area contributed by atoms with Crippen molar-refractivity contribution >= 4 is 10.2 Å². The highest BCUT2D eigenvalue weighted by Gasteiger charge is 2.17. The van der Waals surface area contributed by atoms with Crippen LogP contribution in [0.3, 0.4) is 0 Å². The van der Waals surface area contributed by atoms with Gasteiger partial charge in [-0.25, -0.2) is 0 Å². The van der Waals surface area contributed by atoms with Crippen molar-refractivity contribution in [2.75, 3.05) is 0 Å². The van der Waals surface area contributed by atoms with Crippen LogP contribution in [0.5, 0.6) is 0 Å². The minimum Gasteiger partial charge on any atom is -0.379 e. The summed E-state index contributed by atoms with van der Waals surface area (Å²) in [6, 6.07) is 0. The van der Waals surface area contributed by atoms with Gasteiger partial charge in [-0.2, -0.15) is 0 Å². The van der Waals surface area contributed by atoms with Gasteiger partial charge in [0.1, 0.15) is 0 Å². The first-order chi connectivity index (χ1) is 5.83. The first-order valence-electron chi connectivity index (χ1n) is 5.48. The predicted molar refractivity (Wildman–Crippen MR) is 56.6 cm³/mol. The zero-order valence-corrected chi connectivity index (χ0v) is 10.5. The fraction of sp³-hybridized carbons (Fsp3) is 1.00. The Morgan fingerprint density at radius 1 is 1.33 bits per heavy atom. The molecule has 0 bridgehead atoms. The van der Waals surface area contributed by atoms with Crippen LogP contribution in [0.2, 0.25) is 0 Å². The van der Waals surface area contributed by atoms with Gasteiger partial charge in [0.15, 0.2) is 0 Å². The third kappa shape index (κ3) is 3.72. The Morgan fingerprint density at radius 3 is 2.83 bits per heavy atom. The molecular weight excluding hydrogens is 164 g/mol. The third-order valence-electron chi connectivity index (χ3n) is 2.69. The molecule has 2 atom stereocenters. The zero-order valence-electron chi connectivity index (χ0n) is 8.51. The van der Waals surface area contributed by atoms with Crippen molar-refractivity contribution < 1.29 is 4.74 Å². The maximum atomic E-state index is 5.89. The minimum absolute atomic E-state index is 0.618. The lowest BCUT2D eigenvalue weighted by atomic mass is 10.0. The van der Waals surface area contributed by atoms with Gasteiger partial charge in [0.05, 0.1) is 6.10 Å². The van der Waals surface area contributed by atoms with Gasteiger partial charge in [-0.1, -0.05) is 26.2 Å². The van der Waals surface area contributed by atoms with E-state index in [1.807, 2.05) is 0 Å². The average Bonchev–Trinajstić information content (AvgIpc) is 2.05. The molecule has 0 radical (unpaired) electrons. The molecule has 1 heterocycles. The number of unbranched alkanes of at least 4 members (excludes halogenated alkanes) is 2. The molecule has 0 aromatic carbocycles. The van der Waals surface area contributed by atoms with Crippen LogP contribution >= 0.6 is 0 Å². The largest absolute Gasteiger partial charge is 0.379 e. The molecule has 72 valence electrons. The molecular formula is C10H22OSi. The quantitative estimate of drug-likeness (QED) is 0.481. The van der Waals surface area contributed by atoms with E-state index in [9.17, 15) is 0 Å². The van der Waals surface area contributed by atoms with E-state index < -0.39 is 0 Å². The van der Waals surface area contributed by atoms with Crippen molar-refractivity contribution in [3.63, 3.8) is 0 Å². The fourth-order valence-corrected chi connectivity index (χ4v) is 2.73. The molecule has 1 aliphatic heterocycles. The van der Waals surface area contributed by atoms with Crippen LogP contribution in [0, 0.1) is 0 Å². The fourth-order valence-electron chi connectivity index (χ4n) is 1.93. The molecule has 1 nitrogen and oxygen atoms in total. The molecule has 0 amide bonds. The summed E-state index contributed by atoms with van der Waals surface area (Å²) < 4.78 is 5.89. The van der Waals surface area contributed by atoms with Crippen molar-refractivity contribution in [3.05, 3.63) is 0 Å². The summed E-state index contributed by atoms with van der Waals surface area (Å²) in [7, 11) is 1.23. The number of hydrogen-bond donors (Lipinski definition) is 0. The van der Waals surface area contributed by atoms with Gasteiger partial charge in [0, 0.05) is 16.0 Å². The number of rotatable bonds is 4. The molecule has 0 N–H and O–H groups in total. The van der Waals surface area contributed by atoms with Gasteiger partial charge in [0.25, 0.3) is 0 Å². The van der Waals surface area contributed by atoms with Crippen LogP contribution in [0.4, 0.5) is 0 Å². The van der Waals surface area contributed by atoms with Gasteiger partial charge in [0.2, 0.25) is 0 Å². The molecule has 2 heteroatoms. The van der Waals surface area contributed by atoms with E-state index in [2.05, 4.69) is 6.92 Å². The predicted octanol–water partition coefficient (Wildman–Crippen LogP) is 1.83. The Labute approximate surface area is 79.3 Å². The second kappa shape index (κ2) is 5.76. The average molecular weight is 186 g/mol. The second-order valence-corrected chi connectivity index (χ2v) is 5.28. The normalized spacial score (nSPS) is 30.8. The SMILES string of the molecule is CCCCCC1CCCC([SiH3])O1. The van der Waals surface area contributed by atoms with E-state index >= 15 is 0 Å². The van der Waals surface area contributed by atoms with Gasteiger partial charge in [-0.15, -0.1) is 0 Å². The molecule has 1 saturated heterocycles. The highest BCUT2D eigenvalue weighted by atomic mass is 28.1. The van der Waals surface area contributed by atoms with Gasteiger partial charge >= 0.3 is 0 Å². The summed E-state index contributed by atoms with van der Waals surface area (Å²) in [5.41, 5.74) is 0.658. The van der Waals surface area contributed by atoms with Crippen molar-refractivity contribution in [1.29, 1.82) is 0 Å². The lowest BCUT2D eigenvalue weighted by molar-refractivity contribution is -0.0135. The Balaban J connectivity index is 2.06. The first-order valence-corrected chi connectivity index (χ1v) is 6.64. The molecule has 0 aromatic rings. The highest BCUT2D eigenvalue weighted by Crippen LogP contribution is 2.21. The maximum Gasteiger partial charge on any atom is 0.0574 e.